The van der Waals surface area contributed by atoms with Gasteiger partial charge in [-0.05, 0) is 31.1 Å². The highest BCUT2D eigenvalue weighted by molar-refractivity contribution is 5.05. The molecule has 2 nitrogen and oxygen atoms in total. The molecule has 3 atom stereocenters. The molecule has 0 aromatic heterocycles. The Bertz CT molecular complexity index is 230. The van der Waals surface area contributed by atoms with Crippen LogP contribution in [0.1, 0.15) is 33.1 Å². The molecule has 3 unspecified atom stereocenters. The van der Waals surface area contributed by atoms with E-state index < -0.39 is 0 Å². The second-order valence-corrected chi connectivity index (χ2v) is 5.83. The number of ether oxygens (including phenoxy) is 2. The normalized spacial score (nSPS) is 43.5. The van der Waals surface area contributed by atoms with E-state index in [0.29, 0.717) is 17.6 Å². The summed E-state index contributed by atoms with van der Waals surface area (Å²) >= 11 is 0. The molecule has 2 saturated heterocycles. The zero-order valence-corrected chi connectivity index (χ0v) is 9.16. The van der Waals surface area contributed by atoms with Crippen molar-refractivity contribution >= 4 is 0 Å². The molecule has 2 heteroatoms. The van der Waals surface area contributed by atoms with E-state index in [2.05, 4.69) is 13.8 Å². The molecule has 0 amide bonds. The van der Waals surface area contributed by atoms with Crippen molar-refractivity contribution in [3.8, 4) is 0 Å². The van der Waals surface area contributed by atoms with Crippen LogP contribution in [0.25, 0.3) is 0 Å². The molecule has 3 rings (SSSR count). The molecule has 2 heterocycles. The van der Waals surface area contributed by atoms with Crippen LogP contribution in [0.3, 0.4) is 0 Å². The van der Waals surface area contributed by atoms with Crippen molar-refractivity contribution in [3.63, 3.8) is 0 Å². The fourth-order valence-electron chi connectivity index (χ4n) is 3.30. The largest absolute Gasteiger partial charge is 0.380 e. The lowest BCUT2D eigenvalue weighted by molar-refractivity contribution is -0.161. The molecule has 0 aromatic carbocycles. The van der Waals surface area contributed by atoms with Crippen LogP contribution in [0.2, 0.25) is 0 Å². The number of rotatable bonds is 2. The van der Waals surface area contributed by atoms with Gasteiger partial charge < -0.3 is 9.47 Å². The van der Waals surface area contributed by atoms with Crippen LogP contribution in [0.15, 0.2) is 0 Å². The van der Waals surface area contributed by atoms with E-state index in [9.17, 15) is 0 Å². The van der Waals surface area contributed by atoms with Crippen LogP contribution in [0, 0.1) is 17.3 Å². The topological polar surface area (TPSA) is 21.8 Å². The third kappa shape index (κ3) is 1.31. The van der Waals surface area contributed by atoms with Gasteiger partial charge in [0.05, 0.1) is 25.4 Å². The Morgan fingerprint density at radius 3 is 2.64 bits per heavy atom. The molecule has 1 saturated carbocycles. The predicted octanol–water partition coefficient (Wildman–Crippen LogP) is 2.23. The van der Waals surface area contributed by atoms with Crippen LogP contribution in [0.5, 0.6) is 0 Å². The van der Waals surface area contributed by atoms with Gasteiger partial charge in [-0.1, -0.05) is 13.8 Å². The van der Waals surface area contributed by atoms with Gasteiger partial charge in [0.2, 0.25) is 0 Å². The molecule has 0 bridgehead atoms. The van der Waals surface area contributed by atoms with Gasteiger partial charge in [-0.2, -0.15) is 0 Å². The Balaban J connectivity index is 1.72. The Kier molecular flexibility index (Phi) is 1.94. The van der Waals surface area contributed by atoms with Crippen molar-refractivity contribution in [2.45, 2.75) is 45.3 Å². The van der Waals surface area contributed by atoms with Gasteiger partial charge in [-0.3, -0.25) is 0 Å². The van der Waals surface area contributed by atoms with Crippen molar-refractivity contribution in [1.82, 2.24) is 0 Å². The Morgan fingerprint density at radius 1 is 1.29 bits per heavy atom. The van der Waals surface area contributed by atoms with E-state index in [0.717, 1.165) is 25.0 Å². The second kappa shape index (κ2) is 2.96. The number of hydrogen-bond donors (Lipinski definition) is 0. The van der Waals surface area contributed by atoms with E-state index in [-0.39, 0.29) is 0 Å². The Labute approximate surface area is 86.0 Å². The zero-order chi connectivity index (χ0) is 9.76. The van der Waals surface area contributed by atoms with Crippen LogP contribution < -0.4 is 0 Å². The summed E-state index contributed by atoms with van der Waals surface area (Å²) in [6, 6.07) is 0. The lowest BCUT2D eigenvalue weighted by atomic mass is 9.63. The van der Waals surface area contributed by atoms with Crippen LogP contribution in [-0.4, -0.2) is 25.4 Å². The average Bonchev–Trinajstić information content (AvgIpc) is 2.76. The minimum atomic E-state index is 0.516. The summed E-state index contributed by atoms with van der Waals surface area (Å²) in [6.07, 6.45) is 5.14. The van der Waals surface area contributed by atoms with Crippen molar-refractivity contribution in [2.75, 3.05) is 13.2 Å². The van der Waals surface area contributed by atoms with Gasteiger partial charge in [-0.15, -0.1) is 0 Å². The SMILES string of the molecule is CC(C)CC1CC2OC2CC12COC2. The monoisotopic (exact) mass is 196 g/mol. The molecule has 0 aromatic rings. The maximum atomic E-state index is 5.67. The Morgan fingerprint density at radius 2 is 2.07 bits per heavy atom. The Hall–Kier alpha value is -0.0800. The minimum absolute atomic E-state index is 0.516. The molecule has 3 fully saturated rings. The van der Waals surface area contributed by atoms with Crippen LogP contribution >= 0.6 is 0 Å². The first kappa shape index (κ1) is 9.17. The van der Waals surface area contributed by atoms with Crippen molar-refractivity contribution in [1.29, 1.82) is 0 Å². The van der Waals surface area contributed by atoms with E-state index in [1.807, 2.05) is 0 Å². The zero-order valence-electron chi connectivity index (χ0n) is 9.16. The lowest BCUT2D eigenvalue weighted by Crippen LogP contribution is -2.52. The first-order valence-electron chi connectivity index (χ1n) is 5.93. The molecule has 1 aliphatic carbocycles. The first-order chi connectivity index (χ1) is 6.70. The van der Waals surface area contributed by atoms with E-state index >= 15 is 0 Å². The fraction of sp³-hybridized carbons (Fsp3) is 1.00. The van der Waals surface area contributed by atoms with Crippen LogP contribution in [0.4, 0.5) is 0 Å². The smallest absolute Gasteiger partial charge is 0.0849 e. The van der Waals surface area contributed by atoms with E-state index in [1.165, 1.54) is 19.3 Å². The maximum Gasteiger partial charge on any atom is 0.0849 e. The summed E-state index contributed by atoms with van der Waals surface area (Å²) < 4.78 is 11.1. The number of fused-ring (bicyclic) bond motifs is 1. The molecular formula is C12H20O2. The van der Waals surface area contributed by atoms with Crippen molar-refractivity contribution in [2.24, 2.45) is 17.3 Å². The first-order valence-corrected chi connectivity index (χ1v) is 5.93. The highest BCUT2D eigenvalue weighted by atomic mass is 16.6. The molecule has 3 aliphatic rings. The second-order valence-electron chi connectivity index (χ2n) is 5.83. The maximum absolute atomic E-state index is 5.67. The van der Waals surface area contributed by atoms with Crippen molar-refractivity contribution in [3.05, 3.63) is 0 Å². The van der Waals surface area contributed by atoms with Gasteiger partial charge in [-0.25, -0.2) is 0 Å². The summed E-state index contributed by atoms with van der Waals surface area (Å²) in [4.78, 5) is 0. The summed E-state index contributed by atoms with van der Waals surface area (Å²) in [7, 11) is 0. The average molecular weight is 196 g/mol. The molecular weight excluding hydrogens is 176 g/mol. The number of hydrogen-bond acceptors (Lipinski definition) is 2. The fourth-order valence-corrected chi connectivity index (χ4v) is 3.30. The van der Waals surface area contributed by atoms with Gasteiger partial charge in [0.15, 0.2) is 0 Å². The number of epoxide rings is 1. The lowest BCUT2D eigenvalue weighted by Gasteiger charge is -2.49. The third-order valence-electron chi connectivity index (χ3n) is 4.21. The molecule has 1 spiro atoms. The van der Waals surface area contributed by atoms with Gasteiger partial charge in [0.1, 0.15) is 0 Å². The van der Waals surface area contributed by atoms with Gasteiger partial charge in [0, 0.05) is 5.41 Å². The molecule has 2 aliphatic heterocycles. The van der Waals surface area contributed by atoms with E-state index in [4.69, 9.17) is 9.47 Å². The van der Waals surface area contributed by atoms with Crippen LogP contribution in [-0.2, 0) is 9.47 Å². The van der Waals surface area contributed by atoms with Crippen molar-refractivity contribution < 1.29 is 9.47 Å². The van der Waals surface area contributed by atoms with Gasteiger partial charge >= 0.3 is 0 Å². The van der Waals surface area contributed by atoms with E-state index in [1.54, 1.807) is 0 Å². The molecule has 80 valence electrons. The highest BCUT2D eigenvalue weighted by Crippen LogP contribution is 2.55. The highest BCUT2D eigenvalue weighted by Gasteiger charge is 2.58. The quantitative estimate of drug-likeness (QED) is 0.632. The summed E-state index contributed by atoms with van der Waals surface area (Å²) in [5.74, 6) is 1.67. The minimum Gasteiger partial charge on any atom is -0.380 e. The predicted molar refractivity (Wildman–Crippen MR) is 54.1 cm³/mol. The standard InChI is InChI=1S/C12H20O2/c1-8(2)3-9-4-10-11(14-10)5-12(9)6-13-7-12/h8-11H,3-7H2,1-2H3. The summed E-state index contributed by atoms with van der Waals surface area (Å²) in [5, 5.41) is 0. The summed E-state index contributed by atoms with van der Waals surface area (Å²) in [5.41, 5.74) is 0.516. The molecule has 0 N–H and O–H groups in total. The summed E-state index contributed by atoms with van der Waals surface area (Å²) in [6.45, 7) is 6.65. The van der Waals surface area contributed by atoms with Gasteiger partial charge in [0.25, 0.3) is 0 Å². The molecule has 0 radical (unpaired) electrons. The molecule has 14 heavy (non-hydrogen) atoms. The third-order valence-corrected chi connectivity index (χ3v) is 4.21.